The molecular formula is C13H20Cl2N2O6S2. The van der Waals surface area contributed by atoms with Gasteiger partial charge in [-0.15, -0.1) is 0 Å². The number of carbonyl (C=O) groups excluding carboxylic acids is 2. The van der Waals surface area contributed by atoms with Gasteiger partial charge in [0.15, 0.2) is 0 Å². The molecule has 0 unspecified atom stereocenters. The highest BCUT2D eigenvalue weighted by molar-refractivity contribution is 8.14. The molecule has 144 valence electrons. The topological polar surface area (TPSA) is 139 Å². The Morgan fingerprint density at radius 1 is 0.720 bits per heavy atom. The van der Waals surface area contributed by atoms with Gasteiger partial charge in [0, 0.05) is 34.2 Å². The minimum absolute atomic E-state index is 0.0437. The summed E-state index contributed by atoms with van der Waals surface area (Å²) >= 11 is 0. The maximum Gasteiger partial charge on any atom is 0.400 e. The molecule has 12 heteroatoms. The third-order valence-corrected chi connectivity index (χ3v) is 5.69. The second-order valence-electron chi connectivity index (χ2n) is 5.40. The van der Waals surface area contributed by atoms with Crippen molar-refractivity contribution < 1.29 is 31.2 Å². The van der Waals surface area contributed by atoms with Gasteiger partial charge in [0.2, 0.25) is 29.7 Å². The van der Waals surface area contributed by atoms with Crippen molar-refractivity contribution in [2.24, 2.45) is 0 Å². The fourth-order valence-corrected chi connectivity index (χ4v) is 3.73. The minimum atomic E-state index is -3.56. The van der Waals surface area contributed by atoms with Crippen molar-refractivity contribution in [3.8, 4) is 0 Å². The van der Waals surface area contributed by atoms with E-state index >= 15 is 0 Å². The second kappa shape index (κ2) is 11.7. The van der Waals surface area contributed by atoms with Crippen molar-refractivity contribution in [1.29, 1.82) is 0 Å². The van der Waals surface area contributed by atoms with Gasteiger partial charge in [0.05, 0.1) is 11.5 Å². The first-order chi connectivity index (χ1) is 11.5. The second-order valence-corrected chi connectivity index (χ2v) is 11.2. The number of hydrogen-bond donors (Lipinski definition) is 0. The van der Waals surface area contributed by atoms with Crippen LogP contribution in [0.4, 0.5) is 0 Å². The molecule has 0 aromatic heterocycles. The Labute approximate surface area is 156 Å². The van der Waals surface area contributed by atoms with E-state index in [1.807, 2.05) is 0 Å². The molecule has 0 atom stereocenters. The lowest BCUT2D eigenvalue weighted by Gasteiger charge is -1.99. The summed E-state index contributed by atoms with van der Waals surface area (Å²) in [5.74, 6) is -1.63. The summed E-state index contributed by atoms with van der Waals surface area (Å²) in [6.45, 7) is 0. The molecule has 0 bridgehead atoms. The molecule has 0 spiro atoms. The Hall–Kier alpha value is -0.800. The lowest BCUT2D eigenvalue weighted by atomic mass is 10.0. The summed E-state index contributed by atoms with van der Waals surface area (Å²) in [4.78, 5) is 26.4. The van der Waals surface area contributed by atoms with Gasteiger partial charge in [0.1, 0.15) is 0 Å². The number of Topliss-reactive ketones (excluding diaryl/α,β-unsaturated/α-hetero) is 2. The highest BCUT2D eigenvalue weighted by atomic mass is 35.7. The summed E-state index contributed by atoms with van der Waals surface area (Å²) in [6.07, 6.45) is 2.03. The quantitative estimate of drug-likeness (QED) is 0.102. The van der Waals surface area contributed by atoms with Crippen LogP contribution in [0.2, 0.25) is 0 Å². The van der Waals surface area contributed by atoms with Crippen LogP contribution in [0.3, 0.4) is 0 Å². The molecule has 0 rings (SSSR count). The van der Waals surface area contributed by atoms with Crippen LogP contribution in [-0.2, 0) is 27.7 Å². The van der Waals surface area contributed by atoms with Crippen molar-refractivity contribution in [2.75, 3.05) is 11.5 Å². The predicted molar refractivity (Wildman–Crippen MR) is 94.9 cm³/mol. The minimum Gasteiger partial charge on any atom is -0.360 e. The summed E-state index contributed by atoms with van der Waals surface area (Å²) in [5.41, 5.74) is 8.29. The van der Waals surface area contributed by atoms with Crippen LogP contribution in [-0.4, -0.2) is 50.4 Å². The average Bonchev–Trinajstić information content (AvgIpc) is 2.44. The largest absolute Gasteiger partial charge is 0.400 e. The first-order valence-electron chi connectivity index (χ1n) is 7.59. The molecule has 25 heavy (non-hydrogen) atoms. The van der Waals surface area contributed by atoms with E-state index in [1.165, 1.54) is 0 Å². The fourth-order valence-electron chi connectivity index (χ4n) is 1.98. The standard InChI is InChI=1S/C13H20Cl2N2O6S2/c14-24(20,21)9-5-1-3-7-11(18)13(17-16)12(19)8-4-2-6-10-25(15,22)23/h1-10H2. The number of nitrogens with zero attached hydrogens (tertiary/aromatic N) is 2. The van der Waals surface area contributed by atoms with Gasteiger partial charge in [-0.3, -0.25) is 9.59 Å². The number of halogens is 2. The van der Waals surface area contributed by atoms with E-state index in [-0.39, 0.29) is 24.3 Å². The number of hydrogen-bond acceptors (Lipinski definition) is 6. The van der Waals surface area contributed by atoms with Crippen LogP contribution in [0, 0.1) is 0 Å². The normalized spacial score (nSPS) is 11.8. The van der Waals surface area contributed by atoms with E-state index in [4.69, 9.17) is 26.9 Å². The molecule has 0 saturated heterocycles. The molecule has 0 aliphatic carbocycles. The van der Waals surface area contributed by atoms with Gasteiger partial charge >= 0.3 is 5.71 Å². The third kappa shape index (κ3) is 14.1. The lowest BCUT2D eigenvalue weighted by molar-refractivity contribution is -0.124. The number of unbranched alkanes of at least 4 members (excludes halogenated alkanes) is 4. The summed E-state index contributed by atoms with van der Waals surface area (Å²) in [6, 6.07) is 0. The van der Waals surface area contributed by atoms with Crippen molar-refractivity contribution in [3.63, 3.8) is 0 Å². The highest BCUT2D eigenvalue weighted by Crippen LogP contribution is 2.09. The van der Waals surface area contributed by atoms with Gasteiger partial charge in [-0.1, -0.05) is 12.8 Å². The molecule has 0 aliphatic heterocycles. The maximum atomic E-state index is 11.8. The van der Waals surface area contributed by atoms with E-state index in [9.17, 15) is 26.4 Å². The Morgan fingerprint density at radius 2 is 1.08 bits per heavy atom. The number of carbonyl (C=O) groups is 2. The molecule has 0 heterocycles. The molecule has 0 aliphatic rings. The van der Waals surface area contributed by atoms with Gasteiger partial charge in [0.25, 0.3) is 0 Å². The van der Waals surface area contributed by atoms with Crippen LogP contribution >= 0.6 is 21.4 Å². The molecular weight excluding hydrogens is 415 g/mol. The van der Waals surface area contributed by atoms with E-state index in [1.54, 1.807) is 0 Å². The van der Waals surface area contributed by atoms with Crippen molar-refractivity contribution in [1.82, 2.24) is 0 Å². The Morgan fingerprint density at radius 3 is 1.36 bits per heavy atom. The maximum absolute atomic E-state index is 11.8. The SMILES string of the molecule is [N-]=[N+]=C(C(=O)CCCCCS(=O)(=O)Cl)C(=O)CCCCCS(=O)(=O)Cl. The first kappa shape index (κ1) is 24.2. The molecule has 8 nitrogen and oxygen atoms in total. The van der Waals surface area contributed by atoms with Crippen LogP contribution in [0.25, 0.3) is 5.53 Å². The van der Waals surface area contributed by atoms with Crippen LogP contribution in [0.5, 0.6) is 0 Å². The van der Waals surface area contributed by atoms with Crippen LogP contribution in [0.1, 0.15) is 51.4 Å². The van der Waals surface area contributed by atoms with Crippen LogP contribution < -0.4 is 0 Å². The summed E-state index contributed by atoms with van der Waals surface area (Å²) < 4.78 is 42.9. The van der Waals surface area contributed by atoms with Gasteiger partial charge in [-0.2, -0.15) is 4.79 Å². The van der Waals surface area contributed by atoms with Gasteiger partial charge in [-0.25, -0.2) is 16.8 Å². The Kier molecular flexibility index (Phi) is 11.4. The fraction of sp³-hybridized carbons (Fsp3) is 0.769. The predicted octanol–water partition coefficient (Wildman–Crippen LogP) is 2.05. The van der Waals surface area contributed by atoms with Crippen molar-refractivity contribution >= 4 is 56.7 Å². The smallest absolute Gasteiger partial charge is 0.360 e. The number of rotatable bonds is 14. The van der Waals surface area contributed by atoms with E-state index in [0.717, 1.165) is 0 Å². The molecule has 0 aromatic rings. The molecule has 0 radical (unpaired) electrons. The Bertz CT molecular complexity index is 672. The molecule has 0 aromatic carbocycles. The molecule has 0 amide bonds. The van der Waals surface area contributed by atoms with E-state index in [0.29, 0.717) is 38.5 Å². The van der Waals surface area contributed by atoms with Crippen molar-refractivity contribution in [3.05, 3.63) is 5.53 Å². The Balaban J connectivity index is 4.14. The van der Waals surface area contributed by atoms with Gasteiger partial charge in [-0.05, 0) is 25.7 Å². The van der Waals surface area contributed by atoms with E-state index in [2.05, 4.69) is 4.79 Å². The molecule has 0 fully saturated rings. The summed E-state index contributed by atoms with van der Waals surface area (Å²) in [5, 5.41) is 0. The number of ketones is 2. The zero-order valence-electron chi connectivity index (χ0n) is 13.5. The van der Waals surface area contributed by atoms with Gasteiger partial charge < -0.3 is 5.53 Å². The highest BCUT2D eigenvalue weighted by Gasteiger charge is 2.27. The molecule has 0 N–H and O–H groups in total. The zero-order valence-corrected chi connectivity index (χ0v) is 16.6. The van der Waals surface area contributed by atoms with E-state index < -0.39 is 35.4 Å². The molecule has 0 saturated carbocycles. The third-order valence-electron chi connectivity index (χ3n) is 3.21. The van der Waals surface area contributed by atoms with Crippen molar-refractivity contribution in [2.45, 2.75) is 51.4 Å². The first-order valence-corrected chi connectivity index (χ1v) is 12.5. The average molecular weight is 435 g/mol. The summed E-state index contributed by atoms with van der Waals surface area (Å²) in [7, 11) is 2.99. The lowest BCUT2D eigenvalue weighted by Crippen LogP contribution is -2.25. The monoisotopic (exact) mass is 434 g/mol. The van der Waals surface area contributed by atoms with Crippen LogP contribution in [0.15, 0.2) is 0 Å². The zero-order chi connectivity index (χ0) is 19.5.